The molecule has 0 N–H and O–H groups in total. The van der Waals surface area contributed by atoms with Gasteiger partial charge in [-0.3, -0.25) is 0 Å². The average Bonchev–Trinajstić information content (AvgIpc) is 2.61. The molecule has 24 heavy (non-hydrogen) atoms. The van der Waals surface area contributed by atoms with Crippen LogP contribution in [-0.4, -0.2) is 24.9 Å². The molecule has 0 aliphatic heterocycles. The van der Waals surface area contributed by atoms with Crippen LogP contribution in [0.4, 0.5) is 0 Å². The minimum Gasteiger partial charge on any atom is -0.375 e. The zero-order valence-corrected chi connectivity index (χ0v) is 17.5. The molecular weight excluding hydrogens is 296 g/mol. The zero-order valence-electron chi connectivity index (χ0n) is 17.5. The van der Waals surface area contributed by atoms with Gasteiger partial charge in [-0.15, -0.1) is 0 Å². The van der Waals surface area contributed by atoms with E-state index in [1.807, 2.05) is 0 Å². The van der Waals surface area contributed by atoms with E-state index in [1.54, 1.807) is 0 Å². The summed E-state index contributed by atoms with van der Waals surface area (Å²) < 4.78 is 12.8. The van der Waals surface area contributed by atoms with E-state index in [-0.39, 0.29) is 11.7 Å². The van der Waals surface area contributed by atoms with E-state index in [0.717, 1.165) is 45.3 Å². The Morgan fingerprint density at radius 2 is 1.17 bits per heavy atom. The Morgan fingerprint density at radius 3 is 1.75 bits per heavy atom. The molecule has 0 spiro atoms. The highest BCUT2D eigenvalue weighted by molar-refractivity contribution is 4.88. The SMILES string of the molecule is CCCCCCCCC(OCCCC)C(CC)(CC)OCCCC. The second-order valence-corrected chi connectivity index (χ2v) is 7.24. The van der Waals surface area contributed by atoms with Gasteiger partial charge in [-0.2, -0.15) is 0 Å². The molecule has 0 rings (SSSR count). The molecule has 2 heteroatoms. The Morgan fingerprint density at radius 1 is 0.625 bits per heavy atom. The Balaban J connectivity index is 4.58. The highest BCUT2D eigenvalue weighted by Crippen LogP contribution is 2.31. The third-order valence-corrected chi connectivity index (χ3v) is 5.31. The third kappa shape index (κ3) is 10.0. The molecule has 0 aliphatic carbocycles. The minimum atomic E-state index is -0.0771. The van der Waals surface area contributed by atoms with Crippen molar-refractivity contribution in [2.45, 2.75) is 130 Å². The van der Waals surface area contributed by atoms with Crippen LogP contribution in [0.25, 0.3) is 0 Å². The van der Waals surface area contributed by atoms with Gasteiger partial charge in [0.25, 0.3) is 0 Å². The van der Waals surface area contributed by atoms with Crippen molar-refractivity contribution in [3.05, 3.63) is 0 Å². The summed E-state index contributed by atoms with van der Waals surface area (Å²) in [5.74, 6) is 0. The number of hydrogen-bond acceptors (Lipinski definition) is 2. The zero-order chi connectivity index (χ0) is 18.1. The van der Waals surface area contributed by atoms with Crippen LogP contribution in [0.15, 0.2) is 0 Å². The standard InChI is InChI=1S/C22H46O2/c1-6-11-14-15-16-17-18-21(23-19-12-7-2)22(9-4,10-5)24-20-13-8-3/h21H,6-20H2,1-5H3. The van der Waals surface area contributed by atoms with Gasteiger partial charge in [-0.05, 0) is 32.1 Å². The first-order valence-corrected chi connectivity index (χ1v) is 11.0. The molecule has 0 aromatic heterocycles. The predicted octanol–water partition coefficient (Wildman–Crippen LogP) is 7.30. The van der Waals surface area contributed by atoms with E-state index in [0.29, 0.717) is 0 Å². The number of ether oxygens (including phenoxy) is 2. The van der Waals surface area contributed by atoms with E-state index in [9.17, 15) is 0 Å². The van der Waals surface area contributed by atoms with E-state index >= 15 is 0 Å². The topological polar surface area (TPSA) is 18.5 Å². The van der Waals surface area contributed by atoms with Crippen LogP contribution >= 0.6 is 0 Å². The summed E-state index contributed by atoms with van der Waals surface area (Å²) in [4.78, 5) is 0. The molecule has 0 amide bonds. The minimum absolute atomic E-state index is 0.0771. The van der Waals surface area contributed by atoms with Crippen molar-refractivity contribution in [3.63, 3.8) is 0 Å². The van der Waals surface area contributed by atoms with Gasteiger partial charge in [0.15, 0.2) is 0 Å². The molecule has 0 saturated carbocycles. The van der Waals surface area contributed by atoms with Crippen molar-refractivity contribution in [3.8, 4) is 0 Å². The molecule has 1 unspecified atom stereocenters. The Bertz CT molecular complexity index is 248. The quantitative estimate of drug-likeness (QED) is 0.243. The Hall–Kier alpha value is -0.0800. The molecule has 0 aliphatic rings. The van der Waals surface area contributed by atoms with Crippen molar-refractivity contribution in [2.75, 3.05) is 13.2 Å². The average molecular weight is 343 g/mol. The third-order valence-electron chi connectivity index (χ3n) is 5.31. The molecule has 0 aromatic carbocycles. The van der Waals surface area contributed by atoms with Crippen LogP contribution in [-0.2, 0) is 9.47 Å². The van der Waals surface area contributed by atoms with Crippen LogP contribution < -0.4 is 0 Å². The van der Waals surface area contributed by atoms with Crippen LogP contribution in [0, 0.1) is 0 Å². The maximum absolute atomic E-state index is 6.43. The molecule has 146 valence electrons. The molecular formula is C22H46O2. The predicted molar refractivity (Wildman–Crippen MR) is 107 cm³/mol. The van der Waals surface area contributed by atoms with Gasteiger partial charge in [0.2, 0.25) is 0 Å². The molecule has 0 saturated heterocycles. The van der Waals surface area contributed by atoms with Crippen molar-refractivity contribution < 1.29 is 9.47 Å². The lowest BCUT2D eigenvalue weighted by Crippen LogP contribution is -2.46. The van der Waals surface area contributed by atoms with E-state index in [2.05, 4.69) is 34.6 Å². The Labute approximate surface area is 153 Å². The first-order chi connectivity index (χ1) is 11.7. The summed E-state index contributed by atoms with van der Waals surface area (Å²) in [6.45, 7) is 13.0. The summed E-state index contributed by atoms with van der Waals surface area (Å²) in [6, 6.07) is 0. The summed E-state index contributed by atoms with van der Waals surface area (Å²) >= 11 is 0. The van der Waals surface area contributed by atoms with Crippen molar-refractivity contribution >= 4 is 0 Å². The number of rotatable bonds is 18. The van der Waals surface area contributed by atoms with Gasteiger partial charge < -0.3 is 9.47 Å². The molecule has 0 aromatic rings. The van der Waals surface area contributed by atoms with E-state index < -0.39 is 0 Å². The van der Waals surface area contributed by atoms with Crippen molar-refractivity contribution in [2.24, 2.45) is 0 Å². The maximum Gasteiger partial charge on any atom is 0.0937 e. The van der Waals surface area contributed by atoms with Gasteiger partial charge in [-0.25, -0.2) is 0 Å². The van der Waals surface area contributed by atoms with E-state index in [1.165, 1.54) is 51.4 Å². The maximum atomic E-state index is 6.43. The first-order valence-electron chi connectivity index (χ1n) is 11.0. The van der Waals surface area contributed by atoms with Crippen molar-refractivity contribution in [1.82, 2.24) is 0 Å². The lowest BCUT2D eigenvalue weighted by atomic mass is 9.86. The highest BCUT2D eigenvalue weighted by Gasteiger charge is 2.37. The van der Waals surface area contributed by atoms with Gasteiger partial charge in [0.1, 0.15) is 0 Å². The first kappa shape index (κ1) is 23.9. The van der Waals surface area contributed by atoms with E-state index in [4.69, 9.17) is 9.47 Å². The van der Waals surface area contributed by atoms with Crippen LogP contribution in [0.2, 0.25) is 0 Å². The summed E-state index contributed by atoms with van der Waals surface area (Å²) in [5.41, 5.74) is -0.0771. The molecule has 2 nitrogen and oxygen atoms in total. The normalized spacial score (nSPS) is 13.4. The van der Waals surface area contributed by atoms with Gasteiger partial charge in [0, 0.05) is 13.2 Å². The van der Waals surface area contributed by atoms with Crippen LogP contribution in [0.5, 0.6) is 0 Å². The fourth-order valence-electron chi connectivity index (χ4n) is 3.40. The molecule has 0 bridgehead atoms. The van der Waals surface area contributed by atoms with Gasteiger partial charge in [0.05, 0.1) is 11.7 Å². The summed E-state index contributed by atoms with van der Waals surface area (Å²) in [7, 11) is 0. The molecule has 0 fully saturated rings. The number of unbranched alkanes of at least 4 members (excludes halogenated alkanes) is 7. The van der Waals surface area contributed by atoms with Crippen LogP contribution in [0.3, 0.4) is 0 Å². The highest BCUT2D eigenvalue weighted by atomic mass is 16.5. The molecule has 1 atom stereocenters. The second-order valence-electron chi connectivity index (χ2n) is 7.24. The summed E-state index contributed by atoms with van der Waals surface area (Å²) in [6.07, 6.45) is 16.3. The van der Waals surface area contributed by atoms with Gasteiger partial charge >= 0.3 is 0 Å². The largest absolute Gasteiger partial charge is 0.375 e. The molecule has 0 heterocycles. The fourth-order valence-corrected chi connectivity index (χ4v) is 3.40. The van der Waals surface area contributed by atoms with Crippen LogP contribution in [0.1, 0.15) is 118 Å². The van der Waals surface area contributed by atoms with Gasteiger partial charge in [-0.1, -0.05) is 86.0 Å². The number of hydrogen-bond donors (Lipinski definition) is 0. The van der Waals surface area contributed by atoms with Crippen molar-refractivity contribution in [1.29, 1.82) is 0 Å². The molecule has 0 radical (unpaired) electrons. The Kier molecular flexibility index (Phi) is 16.3. The summed E-state index contributed by atoms with van der Waals surface area (Å²) in [5, 5.41) is 0. The monoisotopic (exact) mass is 342 g/mol. The fraction of sp³-hybridized carbons (Fsp3) is 1.00. The lowest BCUT2D eigenvalue weighted by Gasteiger charge is -2.39. The smallest absolute Gasteiger partial charge is 0.0937 e. The second kappa shape index (κ2) is 16.4. The lowest BCUT2D eigenvalue weighted by molar-refractivity contribution is -0.154.